The molecule has 0 aliphatic carbocycles. The van der Waals surface area contributed by atoms with E-state index in [4.69, 9.17) is 25.8 Å². The number of nitrogens with one attached hydrogen (secondary N) is 6. The molecule has 15 rings (SSSR count). The van der Waals surface area contributed by atoms with Crippen molar-refractivity contribution in [2.75, 3.05) is 34.7 Å². The lowest BCUT2D eigenvalue weighted by atomic mass is 9.78. The predicted octanol–water partition coefficient (Wildman–Crippen LogP) is 20.2. The highest BCUT2D eigenvalue weighted by atomic mass is 35.5. The Morgan fingerprint density at radius 3 is 1.85 bits per heavy atom. The van der Waals surface area contributed by atoms with Crippen molar-refractivity contribution in [3.63, 3.8) is 0 Å². The molecule has 14 aromatic rings. The number of ether oxygens (including phenoxy) is 3. The van der Waals surface area contributed by atoms with Gasteiger partial charge in [0.15, 0.2) is 27.8 Å². The zero-order valence-corrected chi connectivity index (χ0v) is 81.7. The number of carbonyl (C=O) groups excluding carboxylic acids is 5. The highest BCUT2D eigenvalue weighted by Crippen LogP contribution is 2.44. The summed E-state index contributed by atoms with van der Waals surface area (Å²) in [5, 5.41) is 18.1. The number of para-hydroxylation sites is 2. The van der Waals surface area contributed by atoms with E-state index in [1.165, 1.54) is 125 Å². The third-order valence-electron chi connectivity index (χ3n) is 19.9. The number of nitrogens with zero attached hydrogens (tertiary/aromatic N) is 6. The first-order valence-electron chi connectivity index (χ1n) is 42.1. The smallest absolute Gasteiger partial charge is 0.416 e. The largest absolute Gasteiger partial charge is 0.484 e. The number of alkyl halides is 3. The van der Waals surface area contributed by atoms with Gasteiger partial charge in [-0.1, -0.05) is 195 Å². The van der Waals surface area contributed by atoms with Crippen LogP contribution in [0.15, 0.2) is 314 Å². The summed E-state index contributed by atoms with van der Waals surface area (Å²) >= 11 is 10.7. The maximum atomic E-state index is 12.6. The van der Waals surface area contributed by atoms with Gasteiger partial charge in [-0.05, 0) is 228 Å². The molecule has 0 bridgehead atoms. The number of sulfonamides is 2. The van der Waals surface area contributed by atoms with Gasteiger partial charge in [0.1, 0.15) is 33.8 Å². The van der Waals surface area contributed by atoms with E-state index < -0.39 is 41.6 Å². The third-order valence-corrected chi connectivity index (χ3v) is 28.1. The molecule has 1 unspecified atom stereocenters. The van der Waals surface area contributed by atoms with Crippen LogP contribution in [0.2, 0.25) is 5.02 Å². The molecule has 1 aliphatic heterocycles. The Morgan fingerprint density at radius 1 is 0.622 bits per heavy atom. The number of benzene rings is 11. The zero-order chi connectivity index (χ0) is 97.6. The molecule has 0 saturated carbocycles. The average molecular weight is 1990 g/mol. The fraction of sp³-hybridized carbons (Fsp3) is 0.224. The van der Waals surface area contributed by atoms with Crippen LogP contribution >= 0.6 is 58.6 Å². The van der Waals surface area contributed by atoms with Crippen molar-refractivity contribution < 1.29 is 76.6 Å². The number of H-pyrrole nitrogens is 1. The number of aryl methyl sites for hydroxylation is 4. The minimum atomic E-state index is -4.39. The highest BCUT2D eigenvalue weighted by Gasteiger charge is 2.31. The van der Waals surface area contributed by atoms with Crippen molar-refractivity contribution >= 4 is 151 Å². The van der Waals surface area contributed by atoms with E-state index in [9.17, 15) is 62.4 Å². The summed E-state index contributed by atoms with van der Waals surface area (Å²) in [4.78, 5) is 68.2. The lowest BCUT2D eigenvalue weighted by molar-refractivity contribution is -0.144. The summed E-state index contributed by atoms with van der Waals surface area (Å²) in [6.07, 6.45) is -1.07. The number of ketones is 1. The Morgan fingerprint density at radius 2 is 1.22 bits per heavy atom. The molecule has 1 atom stereocenters. The molecule has 706 valence electrons. The van der Waals surface area contributed by atoms with Crippen LogP contribution in [0.4, 0.5) is 24.5 Å². The van der Waals surface area contributed by atoms with Gasteiger partial charge in [0, 0.05) is 59.9 Å². The van der Waals surface area contributed by atoms with Gasteiger partial charge in [0.25, 0.3) is 15.9 Å². The maximum absolute atomic E-state index is 12.6. The van der Waals surface area contributed by atoms with Crippen molar-refractivity contribution in [2.24, 2.45) is 7.05 Å². The summed E-state index contributed by atoms with van der Waals surface area (Å²) in [6, 6.07) is 74.6. The number of fused-ring (bicyclic) bond motifs is 3. The molecule has 135 heavy (non-hydrogen) atoms. The summed E-state index contributed by atoms with van der Waals surface area (Å²) in [7, 11) is -9.23. The van der Waals surface area contributed by atoms with Gasteiger partial charge in [-0.25, -0.2) is 35.0 Å². The third kappa shape index (κ3) is 31.8. The molecule has 3 amide bonds. The second-order valence-corrected chi connectivity index (χ2v) is 40.4. The average Bonchev–Trinajstić information content (AvgIpc) is 1.77. The van der Waals surface area contributed by atoms with Crippen LogP contribution in [-0.4, -0.2) is 125 Å². The van der Waals surface area contributed by atoms with Gasteiger partial charge in [0.05, 0.1) is 71.2 Å². The second-order valence-electron chi connectivity index (χ2n) is 31.0. The zero-order valence-electron chi connectivity index (χ0n) is 75.2. The van der Waals surface area contributed by atoms with Crippen LogP contribution in [0.5, 0.6) is 11.5 Å². The van der Waals surface area contributed by atoms with Crippen LogP contribution in [0.3, 0.4) is 0 Å². The molecular formula is C98H100ClF3N12O14S7. The summed E-state index contributed by atoms with van der Waals surface area (Å²) < 4.78 is 143. The van der Waals surface area contributed by atoms with E-state index in [1.54, 1.807) is 78.3 Å². The van der Waals surface area contributed by atoms with Gasteiger partial charge < -0.3 is 39.7 Å². The molecule has 0 radical (unpaired) electrons. The van der Waals surface area contributed by atoms with Gasteiger partial charge in [-0.15, -0.1) is 10.2 Å². The molecule has 11 aromatic carbocycles. The number of anilines is 2. The van der Waals surface area contributed by atoms with Crippen LogP contribution in [0.1, 0.15) is 116 Å². The molecule has 4 heterocycles. The number of hydrogen-bond donors (Lipinski definition) is 6. The lowest BCUT2D eigenvalue weighted by Gasteiger charge is -2.26. The number of aromatic nitrogens is 7. The molecule has 0 fully saturated rings. The molecule has 37 heteroatoms. The van der Waals surface area contributed by atoms with Crippen LogP contribution in [-0.2, 0) is 85.4 Å². The van der Waals surface area contributed by atoms with Gasteiger partial charge >= 0.3 is 12.1 Å². The first-order chi connectivity index (χ1) is 64.2. The number of thioether (sulfide) groups is 3. The van der Waals surface area contributed by atoms with Crippen molar-refractivity contribution in [1.82, 2.24) is 48.8 Å². The Balaban J connectivity index is 0.000000168. The molecule has 0 saturated heterocycles. The van der Waals surface area contributed by atoms with E-state index in [1.807, 2.05) is 120 Å². The topological polar surface area (TPSA) is 361 Å². The molecule has 26 nitrogen and oxygen atoms in total. The fourth-order valence-electron chi connectivity index (χ4n) is 12.4. The fourth-order valence-corrected chi connectivity index (χ4v) is 18.8. The molecule has 3 aromatic heterocycles. The van der Waals surface area contributed by atoms with E-state index in [0.29, 0.717) is 65.9 Å². The standard InChI is InChI=1S/C21H27NO2.C20H15ClO3S.C17H18N4O3S2.C15H13NO3S2.C13H13F3N4OS.C12H14N2O2S/c1-5-16(2)22-20(23)15-24-19-13-11-18(12-14-19)21(3,4)17-9-7-6-8-10-17;1-14-2-4-15(5-3-14)20(22)16-6-10-18(11-7-16)25(23,24)19-12-8-17(21)9-13-19;1-2-12-6-8-13(9-7-12)19-16(22)10-11-18-26(23,24)15-5-3-4-14-17(15)21-25-20-14;1-10-3-6-13(7-4-10)21(17,18)16-12-5-8-14-15(9-12)20-11(2)19-14;1-20-8-18-19-12(20)22-7-11(21)17-6-9-3-2-4-10(5-9)13(14,15)16;1-8(2)16-11(15)7-17-12-13-9-5-3-4-6-10(9)14-12/h6-14,16H,5,15H2,1-4H3,(H,22,23);2-13H,1H3;3-9,18H,2,10-11H2,1H3,(H,19,22);3-9,16H,2H2,1H3;2-5,8H,6-7H2,1H3,(H,17,21);3-6,8H,7H2,1-2H3,(H,13,14). The number of imidazole rings is 1. The number of amides is 3. The van der Waals surface area contributed by atoms with E-state index in [2.05, 4.69) is 118 Å². The van der Waals surface area contributed by atoms with Gasteiger partial charge in [-0.2, -0.15) is 21.9 Å². The first-order valence-corrected chi connectivity index (χ1v) is 50.4. The number of aromatic amines is 1. The van der Waals surface area contributed by atoms with Crippen molar-refractivity contribution in [1.29, 1.82) is 0 Å². The van der Waals surface area contributed by atoms with Crippen LogP contribution in [0.25, 0.3) is 22.1 Å². The second kappa shape index (κ2) is 49.1. The molecular weight excluding hydrogens is 1890 g/mol. The Hall–Kier alpha value is -12.5. The summed E-state index contributed by atoms with van der Waals surface area (Å²) in [6.45, 7) is 21.8. The van der Waals surface area contributed by atoms with Crippen molar-refractivity contribution in [2.45, 2.75) is 147 Å². The molecule has 6 N–H and O–H groups in total. The normalized spacial score (nSPS) is 11.9. The van der Waals surface area contributed by atoms with Crippen LogP contribution in [0, 0.1) is 13.8 Å². The number of carbonyl (C=O) groups is 5. The number of sulfone groups is 1. The number of hydrogen-bond acceptors (Lipinski definition) is 23. The van der Waals surface area contributed by atoms with E-state index >= 15 is 0 Å². The monoisotopic (exact) mass is 1980 g/mol. The van der Waals surface area contributed by atoms with Crippen molar-refractivity contribution in [3.8, 4) is 11.5 Å². The number of esters is 1. The van der Waals surface area contributed by atoms with Gasteiger partial charge in [-0.3, -0.25) is 28.7 Å². The first kappa shape index (κ1) is 105. The maximum Gasteiger partial charge on any atom is 0.416 e. The number of rotatable bonds is 30. The van der Waals surface area contributed by atoms with E-state index in [0.717, 1.165) is 68.9 Å². The highest BCUT2D eigenvalue weighted by molar-refractivity contribution is 8.03. The number of halogens is 4. The predicted molar refractivity (Wildman–Crippen MR) is 525 cm³/mol. The van der Waals surface area contributed by atoms with Crippen molar-refractivity contribution in [3.05, 3.63) is 334 Å². The Labute approximate surface area is 804 Å². The molecule has 1 aliphatic rings. The van der Waals surface area contributed by atoms with E-state index in [-0.39, 0.29) is 104 Å². The minimum absolute atomic E-state index is 0.00480. The molecule has 0 spiro atoms. The minimum Gasteiger partial charge on any atom is -0.484 e. The summed E-state index contributed by atoms with van der Waals surface area (Å²) in [5.41, 5.74) is 10.3. The summed E-state index contributed by atoms with van der Waals surface area (Å²) in [5.74, 6) is 0.809. The SMILES string of the molecule is C=C1Oc2ccc(NS(=O)(=O)c3ccc(C)cc3)cc2S1.CC(C)OC(=O)CSc1nc2ccccc2[nH]1.CCC(C)NC(=O)COc1ccc(C(C)(C)c2ccccc2)cc1.CCc1ccc(NC(=O)CCNS(=O)(=O)c2cccc3nsnc23)cc1.Cc1ccc(C(=O)c2ccc(S(=O)(=O)c3ccc(Cl)cc3)cc2)cc1.Cn1cnnc1SCC(=O)NCc1cccc(C(F)(F)F)c1. The van der Waals surface area contributed by atoms with Crippen LogP contribution < -0.4 is 34.9 Å². The quantitative estimate of drug-likeness (QED) is 0.0138. The Bertz CT molecular complexity index is 6710. The van der Waals surface area contributed by atoms with Gasteiger partial charge in [0.2, 0.25) is 31.7 Å². The Kier molecular flexibility index (Phi) is 38.0. The lowest BCUT2D eigenvalue weighted by Crippen LogP contribution is -2.35.